The van der Waals surface area contributed by atoms with Crippen LogP contribution < -0.4 is 5.32 Å². The quantitative estimate of drug-likeness (QED) is 0.572. The number of aromatic nitrogens is 4. The van der Waals surface area contributed by atoms with Crippen LogP contribution in [0.1, 0.15) is 23.9 Å². The van der Waals surface area contributed by atoms with Gasteiger partial charge in [-0.05, 0) is 17.2 Å². The van der Waals surface area contributed by atoms with E-state index < -0.39 is 0 Å². The van der Waals surface area contributed by atoms with Crippen LogP contribution >= 0.6 is 0 Å². The molecule has 2 heterocycles. The van der Waals surface area contributed by atoms with Crippen LogP contribution in [0.15, 0.2) is 36.4 Å². The van der Waals surface area contributed by atoms with Crippen LogP contribution in [0.3, 0.4) is 0 Å². The molecule has 21 heavy (non-hydrogen) atoms. The second kappa shape index (κ2) is 5.84. The van der Waals surface area contributed by atoms with Crippen molar-refractivity contribution in [1.29, 1.82) is 0 Å². The molecule has 1 fully saturated rings. The fourth-order valence-corrected chi connectivity index (χ4v) is 2.48. The molecule has 0 aliphatic carbocycles. The van der Waals surface area contributed by atoms with Crippen LogP contribution in [0.5, 0.6) is 0 Å². The summed E-state index contributed by atoms with van der Waals surface area (Å²) in [6.45, 7) is 0.592. The number of H-pyrrole nitrogens is 1. The number of aromatic amines is 1. The van der Waals surface area contributed by atoms with Gasteiger partial charge in [0.2, 0.25) is 5.82 Å². The molecule has 1 aromatic heterocycles. The van der Waals surface area contributed by atoms with Gasteiger partial charge in [-0.15, -0.1) is 10.2 Å². The summed E-state index contributed by atoms with van der Waals surface area (Å²) in [6, 6.07) is 10.2. The molecular weight excluding hydrogens is 270 g/mol. The van der Waals surface area contributed by atoms with Gasteiger partial charge in [0, 0.05) is 24.6 Å². The van der Waals surface area contributed by atoms with E-state index in [9.17, 15) is 9.90 Å². The summed E-state index contributed by atoms with van der Waals surface area (Å²) in [6.07, 6.45) is 1.88. The number of hydrogen-bond donors (Lipinski definition) is 3. The third kappa shape index (κ3) is 2.97. The van der Waals surface area contributed by atoms with Gasteiger partial charge in [0.15, 0.2) is 11.5 Å². The van der Waals surface area contributed by atoms with Gasteiger partial charge in [0.25, 0.3) is 0 Å². The zero-order chi connectivity index (χ0) is 14.7. The Morgan fingerprint density at radius 3 is 2.86 bits per heavy atom. The molecule has 7 heteroatoms. The first-order chi connectivity index (χ1) is 10.2. The predicted octanol–water partition coefficient (Wildman–Crippen LogP) is 1.02. The maximum absolute atomic E-state index is 12.2. The molecule has 3 rings (SSSR count). The molecular formula is C14H15N5O2. The number of nitrogens with one attached hydrogen (secondary N) is 2. The van der Waals surface area contributed by atoms with E-state index in [0.717, 1.165) is 0 Å². The van der Waals surface area contributed by atoms with Gasteiger partial charge in [-0.3, -0.25) is 4.79 Å². The number of hydrogen-bond acceptors (Lipinski definition) is 6. The number of carbonyl (C=O) groups is 1. The van der Waals surface area contributed by atoms with Gasteiger partial charge < -0.3 is 10.4 Å². The summed E-state index contributed by atoms with van der Waals surface area (Å²) in [5.74, 6) is -0.543. The normalized spacial score (nSPS) is 22.4. The van der Waals surface area contributed by atoms with E-state index in [-0.39, 0.29) is 29.3 Å². The Balaban J connectivity index is 1.66. The van der Waals surface area contributed by atoms with Gasteiger partial charge in [0.1, 0.15) is 0 Å². The smallest absolute Gasteiger partial charge is 0.239 e. The summed E-state index contributed by atoms with van der Waals surface area (Å²) < 4.78 is 0. The Labute approximate surface area is 121 Å². The van der Waals surface area contributed by atoms with Crippen molar-refractivity contribution < 1.29 is 9.90 Å². The van der Waals surface area contributed by atoms with Gasteiger partial charge in [-0.1, -0.05) is 30.3 Å². The van der Waals surface area contributed by atoms with Crippen molar-refractivity contribution in [3.05, 3.63) is 47.8 Å². The van der Waals surface area contributed by atoms with Crippen LogP contribution in [-0.2, 0) is 4.79 Å². The maximum Gasteiger partial charge on any atom is 0.239 e. The summed E-state index contributed by atoms with van der Waals surface area (Å²) in [5.41, 5.74) is 1.17. The Morgan fingerprint density at radius 2 is 2.14 bits per heavy atom. The van der Waals surface area contributed by atoms with Crippen molar-refractivity contribution in [2.45, 2.75) is 12.5 Å². The average Bonchev–Trinajstić information content (AvgIpc) is 3.20. The standard InChI is InChI=1S/C14H15N5O2/c20-12(7-13(21)14-16-18-19-17-14)10-6-11(15-8-10)9-4-2-1-3-5-9/h1-5,7,10-11,15,21H,6,8H2,(H,16,17,18,19). The summed E-state index contributed by atoms with van der Waals surface area (Å²) in [7, 11) is 0. The van der Waals surface area contributed by atoms with Crippen molar-refractivity contribution in [3.8, 4) is 0 Å². The van der Waals surface area contributed by atoms with Crippen LogP contribution in [0.4, 0.5) is 0 Å². The highest BCUT2D eigenvalue weighted by molar-refractivity contribution is 5.96. The third-order valence-electron chi connectivity index (χ3n) is 3.59. The molecule has 0 bridgehead atoms. The Kier molecular flexibility index (Phi) is 3.74. The lowest BCUT2D eigenvalue weighted by molar-refractivity contribution is -0.117. The number of allylic oxidation sites excluding steroid dienone is 1. The first kappa shape index (κ1) is 13.4. The lowest BCUT2D eigenvalue weighted by Gasteiger charge is -2.09. The molecule has 0 amide bonds. The summed E-state index contributed by atoms with van der Waals surface area (Å²) in [4.78, 5) is 12.2. The Morgan fingerprint density at radius 1 is 1.33 bits per heavy atom. The largest absolute Gasteiger partial charge is 0.504 e. The minimum atomic E-state index is -0.267. The first-order valence-electron chi connectivity index (χ1n) is 6.70. The molecule has 1 aromatic carbocycles. The molecule has 1 aliphatic rings. The molecule has 1 aliphatic heterocycles. The minimum Gasteiger partial charge on any atom is -0.504 e. The number of tetrazole rings is 1. The molecule has 0 spiro atoms. The highest BCUT2D eigenvalue weighted by atomic mass is 16.3. The second-order valence-corrected chi connectivity index (χ2v) is 4.97. The Hall–Kier alpha value is -2.54. The number of rotatable bonds is 4. The number of benzene rings is 1. The highest BCUT2D eigenvalue weighted by Crippen LogP contribution is 2.28. The molecule has 108 valence electrons. The molecule has 0 radical (unpaired) electrons. The third-order valence-corrected chi connectivity index (χ3v) is 3.59. The predicted molar refractivity (Wildman–Crippen MR) is 75.1 cm³/mol. The highest BCUT2D eigenvalue weighted by Gasteiger charge is 2.29. The number of aliphatic hydroxyl groups excluding tert-OH is 1. The molecule has 2 aromatic rings. The van der Waals surface area contributed by atoms with Crippen molar-refractivity contribution >= 4 is 11.5 Å². The van der Waals surface area contributed by atoms with Crippen LogP contribution in [0.2, 0.25) is 0 Å². The number of carbonyl (C=O) groups excluding carboxylic acids is 1. The fourth-order valence-electron chi connectivity index (χ4n) is 2.48. The number of ketones is 1. The van der Waals surface area contributed by atoms with E-state index in [1.165, 1.54) is 11.6 Å². The van der Waals surface area contributed by atoms with E-state index in [1.807, 2.05) is 30.3 Å². The Bertz CT molecular complexity index is 639. The fraction of sp³-hybridized carbons (Fsp3) is 0.286. The van der Waals surface area contributed by atoms with Gasteiger partial charge in [-0.2, -0.15) is 5.21 Å². The van der Waals surface area contributed by atoms with Crippen LogP contribution in [0, 0.1) is 5.92 Å². The van der Waals surface area contributed by atoms with Crippen LogP contribution in [-0.4, -0.2) is 38.1 Å². The van der Waals surface area contributed by atoms with Crippen molar-refractivity contribution in [1.82, 2.24) is 25.9 Å². The maximum atomic E-state index is 12.2. The van der Waals surface area contributed by atoms with Gasteiger partial charge in [-0.25, -0.2) is 0 Å². The molecule has 2 atom stereocenters. The molecule has 3 N–H and O–H groups in total. The van der Waals surface area contributed by atoms with E-state index in [1.54, 1.807) is 0 Å². The number of aliphatic hydroxyl groups is 1. The lowest BCUT2D eigenvalue weighted by Crippen LogP contribution is -2.17. The first-order valence-corrected chi connectivity index (χ1v) is 6.70. The summed E-state index contributed by atoms with van der Waals surface area (Å²) in [5, 5.41) is 25.9. The van der Waals surface area contributed by atoms with Crippen molar-refractivity contribution in [3.63, 3.8) is 0 Å². The summed E-state index contributed by atoms with van der Waals surface area (Å²) >= 11 is 0. The van der Waals surface area contributed by atoms with E-state index in [0.29, 0.717) is 13.0 Å². The molecule has 7 nitrogen and oxygen atoms in total. The van der Waals surface area contributed by atoms with E-state index in [4.69, 9.17) is 0 Å². The van der Waals surface area contributed by atoms with Crippen LogP contribution in [0.25, 0.3) is 5.76 Å². The zero-order valence-corrected chi connectivity index (χ0v) is 11.2. The minimum absolute atomic E-state index is 0.0221. The second-order valence-electron chi connectivity index (χ2n) is 4.97. The monoisotopic (exact) mass is 285 g/mol. The van der Waals surface area contributed by atoms with Crippen molar-refractivity contribution in [2.24, 2.45) is 5.92 Å². The molecule has 2 unspecified atom stereocenters. The van der Waals surface area contributed by atoms with Gasteiger partial charge in [0.05, 0.1) is 0 Å². The van der Waals surface area contributed by atoms with E-state index >= 15 is 0 Å². The zero-order valence-electron chi connectivity index (χ0n) is 11.2. The average molecular weight is 285 g/mol. The van der Waals surface area contributed by atoms with Gasteiger partial charge >= 0.3 is 0 Å². The lowest BCUT2D eigenvalue weighted by atomic mass is 9.96. The topological polar surface area (TPSA) is 104 Å². The SMILES string of the molecule is O=C(C=C(O)c1nn[nH]n1)C1CNC(c2ccccc2)C1. The number of nitrogens with zero attached hydrogens (tertiary/aromatic N) is 3. The molecule has 0 saturated carbocycles. The molecule has 1 saturated heterocycles. The van der Waals surface area contributed by atoms with E-state index in [2.05, 4.69) is 25.9 Å². The van der Waals surface area contributed by atoms with Crippen molar-refractivity contribution in [2.75, 3.05) is 6.54 Å².